The molecule has 0 saturated carbocycles. The lowest BCUT2D eigenvalue weighted by Crippen LogP contribution is -2.43. The molecule has 98 valence electrons. The molecule has 3 heteroatoms. The fourth-order valence-electron chi connectivity index (χ4n) is 1.30. The second-order valence-corrected chi connectivity index (χ2v) is 7.48. The fraction of sp³-hybridized carbons (Fsp3) is 1.00. The Morgan fingerprint density at radius 3 is 2.06 bits per heavy atom. The molecule has 0 aromatic carbocycles. The quantitative estimate of drug-likeness (QED) is 0.725. The summed E-state index contributed by atoms with van der Waals surface area (Å²) in [5, 5.41) is 13.6. The van der Waals surface area contributed by atoms with Crippen LogP contribution in [0.25, 0.3) is 0 Å². The van der Waals surface area contributed by atoms with Gasteiger partial charge < -0.3 is 10.4 Å². The highest BCUT2D eigenvalue weighted by Crippen LogP contribution is 2.23. The molecular formula is C13H29NOS. The van der Waals surface area contributed by atoms with Gasteiger partial charge >= 0.3 is 0 Å². The van der Waals surface area contributed by atoms with Gasteiger partial charge in [-0.3, -0.25) is 0 Å². The number of thioether (sulfide) groups is 1. The van der Waals surface area contributed by atoms with Crippen LogP contribution in [0.2, 0.25) is 0 Å². The Morgan fingerprint density at radius 2 is 1.69 bits per heavy atom. The topological polar surface area (TPSA) is 32.3 Å². The highest BCUT2D eigenvalue weighted by molar-refractivity contribution is 8.00. The zero-order valence-electron chi connectivity index (χ0n) is 11.8. The second kappa shape index (κ2) is 6.87. The lowest BCUT2D eigenvalue weighted by atomic mass is 9.97. The van der Waals surface area contributed by atoms with E-state index >= 15 is 0 Å². The van der Waals surface area contributed by atoms with Crippen LogP contribution in [-0.4, -0.2) is 33.8 Å². The van der Waals surface area contributed by atoms with Crippen LogP contribution in [0.1, 0.15) is 54.4 Å². The highest BCUT2D eigenvalue weighted by atomic mass is 32.2. The Bertz CT molecular complexity index is 185. The van der Waals surface area contributed by atoms with Crippen LogP contribution >= 0.6 is 11.8 Å². The molecule has 0 aliphatic carbocycles. The van der Waals surface area contributed by atoms with Crippen LogP contribution in [0.3, 0.4) is 0 Å². The lowest BCUT2D eigenvalue weighted by Gasteiger charge is -2.28. The summed E-state index contributed by atoms with van der Waals surface area (Å²) in [6, 6.07) is 0.453. The van der Waals surface area contributed by atoms with E-state index in [2.05, 4.69) is 33.0 Å². The van der Waals surface area contributed by atoms with Gasteiger partial charge in [-0.2, -0.15) is 11.8 Å². The predicted octanol–water partition coefficient (Wildman–Crippen LogP) is 3.05. The molecule has 0 radical (unpaired) electrons. The van der Waals surface area contributed by atoms with E-state index in [9.17, 15) is 5.11 Å². The van der Waals surface area contributed by atoms with E-state index in [1.54, 1.807) is 0 Å². The van der Waals surface area contributed by atoms with Crippen LogP contribution in [-0.2, 0) is 0 Å². The van der Waals surface area contributed by atoms with Gasteiger partial charge in [-0.1, -0.05) is 34.6 Å². The molecule has 0 fully saturated rings. The first kappa shape index (κ1) is 16.3. The fourth-order valence-corrected chi connectivity index (χ4v) is 2.17. The van der Waals surface area contributed by atoms with Crippen LogP contribution in [0.5, 0.6) is 0 Å². The molecule has 2 N–H and O–H groups in total. The van der Waals surface area contributed by atoms with Crippen molar-refractivity contribution in [3.63, 3.8) is 0 Å². The zero-order valence-corrected chi connectivity index (χ0v) is 12.6. The molecule has 0 heterocycles. The van der Waals surface area contributed by atoms with Crippen molar-refractivity contribution in [3.8, 4) is 0 Å². The van der Waals surface area contributed by atoms with Crippen LogP contribution in [0.15, 0.2) is 0 Å². The van der Waals surface area contributed by atoms with Crippen molar-refractivity contribution in [1.82, 2.24) is 5.32 Å². The summed E-state index contributed by atoms with van der Waals surface area (Å²) >= 11 is 1.96. The molecule has 2 nitrogen and oxygen atoms in total. The van der Waals surface area contributed by atoms with Crippen molar-refractivity contribution in [1.29, 1.82) is 0 Å². The first-order chi connectivity index (χ1) is 7.22. The van der Waals surface area contributed by atoms with Gasteiger partial charge in [0.05, 0.1) is 5.60 Å². The molecule has 16 heavy (non-hydrogen) atoms. The third kappa shape index (κ3) is 7.53. The Balaban J connectivity index is 3.85. The van der Waals surface area contributed by atoms with Crippen molar-refractivity contribution in [2.24, 2.45) is 0 Å². The lowest BCUT2D eigenvalue weighted by molar-refractivity contribution is 0.0309. The smallest absolute Gasteiger partial charge is 0.0766 e. The monoisotopic (exact) mass is 247 g/mol. The normalized spacial score (nSPS) is 15.2. The van der Waals surface area contributed by atoms with Crippen molar-refractivity contribution >= 4 is 11.8 Å². The first-order valence-corrected chi connectivity index (χ1v) is 7.30. The number of aliphatic hydroxyl groups is 1. The van der Waals surface area contributed by atoms with E-state index in [0.717, 1.165) is 18.6 Å². The maximum absolute atomic E-state index is 10.1. The van der Waals surface area contributed by atoms with Gasteiger partial charge in [-0.05, 0) is 19.8 Å². The predicted molar refractivity (Wildman–Crippen MR) is 75.2 cm³/mol. The SMILES string of the molecule is CCC(O)(CC)CNC(C)CSC(C)(C)C. The Hall–Kier alpha value is 0.270. The third-order valence-corrected chi connectivity index (χ3v) is 4.39. The Morgan fingerprint density at radius 1 is 1.19 bits per heavy atom. The summed E-state index contributed by atoms with van der Waals surface area (Å²) in [6.45, 7) is 13.7. The van der Waals surface area contributed by atoms with Crippen molar-refractivity contribution in [2.45, 2.75) is 70.8 Å². The molecule has 0 amide bonds. The maximum Gasteiger partial charge on any atom is 0.0766 e. The number of hydrogen-bond acceptors (Lipinski definition) is 3. The average Bonchev–Trinajstić information content (AvgIpc) is 2.22. The van der Waals surface area contributed by atoms with E-state index in [1.807, 2.05) is 25.6 Å². The molecule has 0 aromatic heterocycles. The third-order valence-electron chi connectivity index (χ3n) is 2.86. The van der Waals surface area contributed by atoms with E-state index in [1.165, 1.54) is 0 Å². The molecule has 1 atom stereocenters. The molecule has 0 aliphatic rings. The van der Waals surface area contributed by atoms with Gasteiger partial charge in [-0.25, -0.2) is 0 Å². The molecule has 0 spiro atoms. The zero-order chi connectivity index (χ0) is 12.8. The van der Waals surface area contributed by atoms with Crippen molar-refractivity contribution < 1.29 is 5.11 Å². The summed E-state index contributed by atoms with van der Waals surface area (Å²) in [5.74, 6) is 1.09. The Kier molecular flexibility index (Phi) is 6.99. The standard InChI is InChI=1S/C13H29NOS/c1-7-13(15,8-2)10-14-11(3)9-16-12(4,5)6/h11,14-15H,7-10H2,1-6H3. The minimum atomic E-state index is -0.527. The number of hydrogen-bond donors (Lipinski definition) is 2. The number of nitrogens with one attached hydrogen (secondary N) is 1. The van der Waals surface area contributed by atoms with Crippen LogP contribution in [0, 0.1) is 0 Å². The summed E-state index contributed by atoms with van der Waals surface area (Å²) in [5.41, 5.74) is -0.527. The summed E-state index contributed by atoms with van der Waals surface area (Å²) in [7, 11) is 0. The van der Waals surface area contributed by atoms with Crippen LogP contribution in [0.4, 0.5) is 0 Å². The van der Waals surface area contributed by atoms with E-state index in [4.69, 9.17) is 0 Å². The van der Waals surface area contributed by atoms with Gasteiger partial charge in [0.1, 0.15) is 0 Å². The molecular weight excluding hydrogens is 218 g/mol. The van der Waals surface area contributed by atoms with E-state index in [0.29, 0.717) is 17.3 Å². The van der Waals surface area contributed by atoms with Gasteiger partial charge in [0.15, 0.2) is 0 Å². The minimum absolute atomic E-state index is 0.321. The number of rotatable bonds is 7. The highest BCUT2D eigenvalue weighted by Gasteiger charge is 2.22. The second-order valence-electron chi connectivity index (χ2n) is 5.64. The average molecular weight is 247 g/mol. The Labute approximate surface area is 106 Å². The molecule has 1 unspecified atom stereocenters. The molecule has 0 aromatic rings. The molecule has 0 aliphatic heterocycles. The van der Waals surface area contributed by atoms with Gasteiger partial charge in [0, 0.05) is 23.1 Å². The largest absolute Gasteiger partial charge is 0.389 e. The van der Waals surface area contributed by atoms with Gasteiger partial charge in [0.2, 0.25) is 0 Å². The van der Waals surface area contributed by atoms with E-state index in [-0.39, 0.29) is 0 Å². The van der Waals surface area contributed by atoms with Crippen LogP contribution < -0.4 is 5.32 Å². The maximum atomic E-state index is 10.1. The molecule has 0 bridgehead atoms. The first-order valence-electron chi connectivity index (χ1n) is 6.32. The minimum Gasteiger partial charge on any atom is -0.389 e. The summed E-state index contributed by atoms with van der Waals surface area (Å²) < 4.78 is 0.321. The molecule has 0 saturated heterocycles. The van der Waals surface area contributed by atoms with Crippen molar-refractivity contribution in [2.75, 3.05) is 12.3 Å². The summed E-state index contributed by atoms with van der Waals surface area (Å²) in [6.07, 6.45) is 1.63. The van der Waals surface area contributed by atoms with E-state index < -0.39 is 5.60 Å². The summed E-state index contributed by atoms with van der Waals surface area (Å²) in [4.78, 5) is 0. The van der Waals surface area contributed by atoms with Gasteiger partial charge in [0.25, 0.3) is 0 Å². The van der Waals surface area contributed by atoms with Crippen molar-refractivity contribution in [3.05, 3.63) is 0 Å². The van der Waals surface area contributed by atoms with Gasteiger partial charge in [-0.15, -0.1) is 0 Å². The molecule has 0 rings (SSSR count).